The second kappa shape index (κ2) is 20.3. The molecule has 0 atom stereocenters. The highest BCUT2D eigenvalue weighted by atomic mass is 15.2. The fraction of sp³-hybridized carbons (Fsp3) is 0. The van der Waals surface area contributed by atoms with E-state index in [9.17, 15) is 0 Å². The minimum Gasteiger partial charge on any atom is -0.308 e. The van der Waals surface area contributed by atoms with Gasteiger partial charge in [0.1, 0.15) is 5.82 Å². The van der Waals surface area contributed by atoms with Gasteiger partial charge in [0.05, 0.1) is 77.2 Å². The Balaban J connectivity index is 0.782. The monoisotopic (exact) mass is 1330 g/mol. The quantitative estimate of drug-likeness (QED) is 0.166. The molecule has 0 bridgehead atoms. The van der Waals surface area contributed by atoms with Crippen LogP contribution in [-0.2, 0) is 0 Å². The van der Waals surface area contributed by atoms with Gasteiger partial charge in [0, 0.05) is 97.1 Å². The summed E-state index contributed by atoms with van der Waals surface area (Å²) in [5.41, 5.74) is 20.7. The van der Waals surface area contributed by atoms with Gasteiger partial charge in [0.15, 0.2) is 11.6 Å². The zero-order chi connectivity index (χ0) is 68.0. The van der Waals surface area contributed by atoms with Crippen LogP contribution < -0.4 is 0 Å². The molecule has 0 fully saturated rings. The van der Waals surface area contributed by atoms with Gasteiger partial charge in [-0.2, -0.15) is 4.98 Å². The van der Waals surface area contributed by atoms with Gasteiger partial charge >= 0.3 is 0 Å². The molecule has 482 valence electrons. The molecule has 0 spiro atoms. The van der Waals surface area contributed by atoms with Crippen molar-refractivity contribution in [2.45, 2.75) is 0 Å². The molecular formula is C96H53N9. The Labute approximate surface area is 596 Å². The zero-order valence-electron chi connectivity index (χ0n) is 56.1. The second-order valence-corrected chi connectivity index (χ2v) is 28.4. The molecule has 0 amide bonds. The topological polar surface area (TPSA) is 75.2 Å². The lowest BCUT2D eigenvalue weighted by atomic mass is 9.97. The molecule has 16 aromatic carbocycles. The number of benzene rings is 16. The Morgan fingerprint density at radius 2 is 0.667 bits per heavy atom. The van der Waals surface area contributed by atoms with E-state index in [-0.39, 0.29) is 0 Å². The van der Waals surface area contributed by atoms with Crippen molar-refractivity contribution < 1.29 is 0 Å². The van der Waals surface area contributed by atoms with Gasteiger partial charge in [0.2, 0.25) is 5.95 Å². The maximum absolute atomic E-state index is 5.93. The average molecular weight is 1330 g/mol. The summed E-state index contributed by atoms with van der Waals surface area (Å²) in [6.07, 6.45) is 0. The van der Waals surface area contributed by atoms with E-state index in [0.717, 1.165) is 105 Å². The Kier molecular flexibility index (Phi) is 10.7. The predicted octanol–water partition coefficient (Wildman–Crippen LogP) is 24.5. The fourth-order valence-corrected chi connectivity index (χ4v) is 18.6. The van der Waals surface area contributed by atoms with E-state index in [1.807, 2.05) is 0 Å². The van der Waals surface area contributed by atoms with Crippen LogP contribution in [0.4, 0.5) is 0 Å². The normalized spacial score (nSPS) is 12.6. The number of rotatable bonds is 6. The summed E-state index contributed by atoms with van der Waals surface area (Å²) in [6.45, 7) is 0. The summed E-state index contributed by atoms with van der Waals surface area (Å²) in [4.78, 5) is 22.6. The summed E-state index contributed by atoms with van der Waals surface area (Å²) in [6, 6.07) is 118. The molecule has 0 radical (unpaired) electrons. The Bertz CT molecular complexity index is 8100. The molecule has 9 heteroatoms. The van der Waals surface area contributed by atoms with Crippen molar-refractivity contribution in [2.24, 2.45) is 0 Å². The standard InChI is InChI=1S/C96H53N9/c1-2-20-54(21-3-1)55-38-40-57(41-39-55)93-97-75-32-14-8-28-66(75)94(99-93)103-79-36-18-12-30-68(79)86-84(103)53-73-71-48-58-23-4-5-24-59(58)50-83(71)101-81-47-44-60(49-74(81)89(86)91(73)101)61-43-46-70-82(51-61)104(96-98-76-33-15-9-29-67(76)95(100-96)102-77-34-16-10-26-63(77)64-27-11-17-35-78(64)102)85-52-72-65-45-42-56-22-6-7-25-62(56)90(65)105-80-37-19-13-31-69(80)88(87(70)85)92(72)105/h1-53H. The minimum absolute atomic E-state index is 0.595. The molecule has 0 unspecified atom stereocenters. The molecule has 0 aliphatic rings. The zero-order valence-corrected chi connectivity index (χ0v) is 56.1. The summed E-state index contributed by atoms with van der Waals surface area (Å²) in [5.74, 6) is 2.92. The first-order valence-corrected chi connectivity index (χ1v) is 35.9. The van der Waals surface area contributed by atoms with Gasteiger partial charge in [-0.15, -0.1) is 0 Å². The molecule has 25 aromatic rings. The highest BCUT2D eigenvalue weighted by Crippen LogP contribution is 2.52. The highest BCUT2D eigenvalue weighted by Gasteiger charge is 2.30. The molecule has 105 heavy (non-hydrogen) atoms. The smallest absolute Gasteiger partial charge is 0.237 e. The maximum Gasteiger partial charge on any atom is 0.237 e. The molecule has 9 nitrogen and oxygen atoms in total. The average Bonchev–Trinajstić information content (AvgIpc) is 1.52. The first kappa shape index (κ1) is 55.5. The van der Waals surface area contributed by atoms with Crippen molar-refractivity contribution in [3.63, 3.8) is 0 Å². The number of hydrogen-bond donors (Lipinski definition) is 0. The predicted molar refractivity (Wildman–Crippen MR) is 436 cm³/mol. The van der Waals surface area contributed by atoms with Gasteiger partial charge in [-0.25, -0.2) is 15.0 Å². The van der Waals surface area contributed by atoms with Crippen molar-refractivity contribution in [1.82, 2.24) is 42.4 Å². The summed E-state index contributed by atoms with van der Waals surface area (Å²) in [7, 11) is 0. The maximum atomic E-state index is 5.93. The van der Waals surface area contributed by atoms with Crippen molar-refractivity contribution >= 4 is 185 Å². The van der Waals surface area contributed by atoms with Crippen LogP contribution in [0.5, 0.6) is 0 Å². The van der Waals surface area contributed by atoms with Crippen LogP contribution in [0, 0.1) is 0 Å². The lowest BCUT2D eigenvalue weighted by Gasteiger charge is -2.14. The Hall–Kier alpha value is -14.3. The van der Waals surface area contributed by atoms with Crippen LogP contribution >= 0.6 is 0 Å². The van der Waals surface area contributed by atoms with Gasteiger partial charge in [-0.1, -0.05) is 231 Å². The SMILES string of the molecule is c1ccc(-c2ccc(-c3nc(-n4c5ccccc5c5c6c7cc(-c8ccc9c%10c%11c%12ccccc%12n%12c%13c%14ccccc%14ccc%13c(cc%10n(-c%10nc(-n%13c%14ccccc%14c%14ccccc%14%13)c%13ccccc%13n%10)c9c8)c%11%12)ccc7n7c8cc9ccccc9cc8c(cc54)c67)c4ccccc4n3)cc2)cc1. The Morgan fingerprint density at radius 3 is 1.40 bits per heavy atom. The van der Waals surface area contributed by atoms with Crippen molar-refractivity contribution in [1.29, 1.82) is 0 Å². The Morgan fingerprint density at radius 1 is 0.190 bits per heavy atom. The van der Waals surface area contributed by atoms with E-state index >= 15 is 0 Å². The van der Waals surface area contributed by atoms with Crippen LogP contribution in [0.1, 0.15) is 0 Å². The third kappa shape index (κ3) is 7.34. The van der Waals surface area contributed by atoms with E-state index in [4.69, 9.17) is 19.9 Å². The first-order valence-electron chi connectivity index (χ1n) is 35.9. The molecule has 25 rings (SSSR count). The van der Waals surface area contributed by atoms with Crippen LogP contribution in [0.25, 0.3) is 236 Å². The van der Waals surface area contributed by atoms with E-state index < -0.39 is 0 Å². The lowest BCUT2D eigenvalue weighted by molar-refractivity contribution is 0.973. The van der Waals surface area contributed by atoms with Crippen molar-refractivity contribution in [2.75, 3.05) is 0 Å². The van der Waals surface area contributed by atoms with Crippen LogP contribution in [0.15, 0.2) is 322 Å². The number of para-hydroxylation sites is 6. The summed E-state index contributed by atoms with van der Waals surface area (Å²) in [5, 5.41) is 23.4. The number of nitrogens with zero attached hydrogens (tertiary/aromatic N) is 9. The second-order valence-electron chi connectivity index (χ2n) is 28.4. The van der Waals surface area contributed by atoms with Crippen molar-refractivity contribution in [3.8, 4) is 51.2 Å². The minimum atomic E-state index is 0.595. The molecule has 0 aliphatic heterocycles. The largest absolute Gasteiger partial charge is 0.308 e. The molecule has 0 aliphatic carbocycles. The lowest BCUT2D eigenvalue weighted by Crippen LogP contribution is -2.07. The van der Waals surface area contributed by atoms with Gasteiger partial charge in [0.25, 0.3) is 0 Å². The number of aromatic nitrogens is 9. The molecule has 0 saturated carbocycles. The molecule has 9 heterocycles. The molecular weight excluding hydrogens is 1280 g/mol. The molecule has 0 N–H and O–H groups in total. The third-order valence-corrected chi connectivity index (χ3v) is 23.1. The summed E-state index contributed by atoms with van der Waals surface area (Å²) >= 11 is 0. The summed E-state index contributed by atoms with van der Waals surface area (Å²) < 4.78 is 12.3. The molecule has 9 aromatic heterocycles. The van der Waals surface area contributed by atoms with Gasteiger partial charge in [-0.3, -0.25) is 13.7 Å². The van der Waals surface area contributed by atoms with Gasteiger partial charge in [-0.05, 0) is 129 Å². The first-order chi connectivity index (χ1) is 52.1. The van der Waals surface area contributed by atoms with Crippen LogP contribution in [0.2, 0.25) is 0 Å². The van der Waals surface area contributed by atoms with E-state index in [1.54, 1.807) is 0 Å². The third-order valence-electron chi connectivity index (χ3n) is 23.1. The fourth-order valence-electron chi connectivity index (χ4n) is 18.6. The van der Waals surface area contributed by atoms with Gasteiger partial charge < -0.3 is 8.80 Å². The number of fused-ring (bicyclic) bond motifs is 28. The van der Waals surface area contributed by atoms with E-state index in [2.05, 4.69) is 344 Å². The van der Waals surface area contributed by atoms with Crippen LogP contribution in [0.3, 0.4) is 0 Å². The van der Waals surface area contributed by atoms with Crippen molar-refractivity contribution in [3.05, 3.63) is 322 Å². The highest BCUT2D eigenvalue weighted by molar-refractivity contribution is 6.39. The molecule has 0 saturated heterocycles. The van der Waals surface area contributed by atoms with E-state index in [1.165, 1.54) is 119 Å². The van der Waals surface area contributed by atoms with Crippen LogP contribution in [-0.4, -0.2) is 42.4 Å². The number of hydrogen-bond acceptors (Lipinski definition) is 4. The van der Waals surface area contributed by atoms with E-state index in [0.29, 0.717) is 11.8 Å².